The molecule has 0 unspecified atom stereocenters. The number of carbonyl (C=O) groups excluding carboxylic acids is 2. The van der Waals surface area contributed by atoms with Crippen molar-refractivity contribution < 1.29 is 14.3 Å². The van der Waals surface area contributed by atoms with Gasteiger partial charge in [0.25, 0.3) is 0 Å². The van der Waals surface area contributed by atoms with Crippen LogP contribution in [-0.4, -0.2) is 33.2 Å². The van der Waals surface area contributed by atoms with Gasteiger partial charge in [-0.3, -0.25) is 0 Å². The van der Waals surface area contributed by atoms with Crippen LogP contribution >= 0.6 is 11.8 Å². The van der Waals surface area contributed by atoms with Crippen molar-refractivity contribution in [1.29, 1.82) is 5.26 Å². The smallest absolute Gasteiger partial charge is 0.349 e. The van der Waals surface area contributed by atoms with Crippen molar-refractivity contribution in [3.05, 3.63) is 10.5 Å². The minimum Gasteiger partial charge on any atom is -0.465 e. The fourth-order valence-electron chi connectivity index (χ4n) is 1.07. The Kier molecular flexibility index (Phi) is 14.8. The van der Waals surface area contributed by atoms with E-state index in [4.69, 9.17) is 10.1 Å². The number of nitrogens with zero attached hydrogens (tertiary/aromatic N) is 1. The zero-order valence-electron chi connectivity index (χ0n) is 11.9. The van der Waals surface area contributed by atoms with E-state index in [1.54, 1.807) is 0 Å². The van der Waals surface area contributed by atoms with Crippen molar-refractivity contribution in [3.8, 4) is 6.07 Å². The molecule has 0 rings (SSSR count). The van der Waals surface area contributed by atoms with Gasteiger partial charge in [0.15, 0.2) is 0 Å². The maximum absolute atomic E-state index is 11.3. The van der Waals surface area contributed by atoms with Gasteiger partial charge in [-0.2, -0.15) is 5.26 Å². The van der Waals surface area contributed by atoms with Crippen molar-refractivity contribution in [1.82, 2.24) is 0 Å². The minimum atomic E-state index is -0.563. The predicted molar refractivity (Wildman–Crippen MR) is 74.9 cm³/mol. The molecule has 0 saturated heterocycles. The Balaban J connectivity index is -0.000000506. The Hall–Kier alpha value is -1.32. The van der Waals surface area contributed by atoms with Crippen LogP contribution in [0.3, 0.4) is 0 Å². The van der Waals surface area contributed by atoms with E-state index in [2.05, 4.69) is 10.5 Å². The van der Waals surface area contributed by atoms with Gasteiger partial charge in [-0.1, -0.05) is 20.8 Å². The molecule has 0 aromatic carbocycles. The van der Waals surface area contributed by atoms with E-state index >= 15 is 0 Å². The zero-order chi connectivity index (χ0) is 15.4. The van der Waals surface area contributed by atoms with Crippen LogP contribution in [0.25, 0.3) is 0 Å². The van der Waals surface area contributed by atoms with Gasteiger partial charge in [0.1, 0.15) is 18.4 Å². The van der Waals surface area contributed by atoms with Crippen molar-refractivity contribution >= 4 is 24.5 Å². The first-order valence-corrected chi connectivity index (χ1v) is 6.24. The van der Waals surface area contributed by atoms with Crippen molar-refractivity contribution in [2.45, 2.75) is 20.8 Å². The number of nitrogens with two attached hydrogens (primary N) is 1. The summed E-state index contributed by atoms with van der Waals surface area (Å²) in [7, 11) is 2.78. The molecule has 0 radical (unpaired) electrons. The molecule has 0 amide bonds. The molecule has 0 aliphatic carbocycles. The average molecular weight is 274 g/mol. The molecule has 0 aliphatic rings. The fraction of sp³-hybridized carbons (Fsp3) is 0.583. The lowest BCUT2D eigenvalue weighted by molar-refractivity contribution is -0.135. The zero-order valence-corrected chi connectivity index (χ0v) is 12.7. The molecule has 104 valence electrons. The van der Waals surface area contributed by atoms with Gasteiger partial charge < -0.3 is 15.3 Å². The van der Waals surface area contributed by atoms with E-state index in [1.807, 2.05) is 39.9 Å². The summed E-state index contributed by atoms with van der Waals surface area (Å²) >= 11 is 1.41. The lowest BCUT2D eigenvalue weighted by atomic mass is 9.93. The van der Waals surface area contributed by atoms with Crippen molar-refractivity contribution in [2.24, 2.45) is 11.1 Å². The normalized spacial score (nSPS) is 10.6. The van der Waals surface area contributed by atoms with Crippen molar-refractivity contribution in [2.75, 3.05) is 20.4 Å². The van der Waals surface area contributed by atoms with Crippen molar-refractivity contribution in [3.63, 3.8) is 0 Å². The van der Waals surface area contributed by atoms with E-state index in [-0.39, 0.29) is 11.0 Å². The molecule has 18 heavy (non-hydrogen) atoms. The summed E-state index contributed by atoms with van der Waals surface area (Å²) < 4.78 is 4.55. The van der Waals surface area contributed by atoms with Gasteiger partial charge in [0.2, 0.25) is 0 Å². The summed E-state index contributed by atoms with van der Waals surface area (Å²) in [6.45, 7) is 7.87. The number of hydrogen-bond donors (Lipinski definition) is 1. The van der Waals surface area contributed by atoms with Crippen LogP contribution in [0.15, 0.2) is 10.5 Å². The molecule has 0 bridgehead atoms. The Morgan fingerprint density at radius 3 is 1.89 bits per heavy atom. The van der Waals surface area contributed by atoms with Crippen LogP contribution in [0.5, 0.6) is 0 Å². The quantitative estimate of drug-likeness (QED) is 0.468. The van der Waals surface area contributed by atoms with E-state index in [1.165, 1.54) is 25.9 Å². The first-order valence-electron chi connectivity index (χ1n) is 5.02. The van der Waals surface area contributed by atoms with Gasteiger partial charge in [-0.15, -0.1) is 11.8 Å². The molecular formula is C12H22N2O3S. The largest absolute Gasteiger partial charge is 0.465 e. The van der Waals surface area contributed by atoms with Crippen LogP contribution in [0.2, 0.25) is 0 Å². The van der Waals surface area contributed by atoms with Crippen LogP contribution < -0.4 is 5.73 Å². The lowest BCUT2D eigenvalue weighted by Crippen LogP contribution is -2.14. The molecule has 0 spiro atoms. The molecule has 0 aromatic rings. The van der Waals surface area contributed by atoms with Gasteiger partial charge in [-0.05, 0) is 18.7 Å². The number of allylic oxidation sites excluding steroid dienone is 1. The first kappa shape index (κ1) is 21.9. The monoisotopic (exact) mass is 274 g/mol. The molecule has 0 atom stereocenters. The molecule has 0 aromatic heterocycles. The molecule has 2 N–H and O–H groups in total. The van der Waals surface area contributed by atoms with Gasteiger partial charge >= 0.3 is 5.97 Å². The predicted octanol–water partition coefficient (Wildman–Crippen LogP) is 1.74. The Bertz CT molecular complexity index is 314. The molecule has 0 heterocycles. The number of rotatable bonds is 2. The second kappa shape index (κ2) is 12.1. The number of methoxy groups -OCH3 is 1. The highest BCUT2D eigenvalue weighted by Gasteiger charge is 2.25. The second-order valence-electron chi connectivity index (χ2n) is 3.76. The topological polar surface area (TPSA) is 93.2 Å². The lowest BCUT2D eigenvalue weighted by Gasteiger charge is -2.21. The van der Waals surface area contributed by atoms with E-state index < -0.39 is 5.97 Å². The van der Waals surface area contributed by atoms with Gasteiger partial charge in [0, 0.05) is 4.91 Å². The van der Waals surface area contributed by atoms with Crippen LogP contribution in [0, 0.1) is 16.7 Å². The van der Waals surface area contributed by atoms with Crippen LogP contribution in [0.4, 0.5) is 0 Å². The third kappa shape index (κ3) is 7.87. The maximum Gasteiger partial charge on any atom is 0.349 e. The Labute approximate surface area is 113 Å². The standard InChI is InChI=1S/C10H15NO2S.CH5N.CH2O/c1-10(2,3)8(14-5)7(6-11)9(12)13-4;2*1-2/h1-5H3;2H2,1H3;1H2/b8-7-;;. The maximum atomic E-state index is 11.3. The Morgan fingerprint density at radius 2 is 1.72 bits per heavy atom. The number of nitriles is 1. The second-order valence-corrected chi connectivity index (χ2v) is 4.58. The number of carbonyl (C=O) groups is 2. The van der Waals surface area contributed by atoms with E-state index in [0.717, 1.165) is 4.91 Å². The van der Waals surface area contributed by atoms with Gasteiger partial charge in [0.05, 0.1) is 7.11 Å². The number of esters is 1. The minimum absolute atomic E-state index is 0.104. The SMILES string of the molecule is C=O.CN.COC(=O)/C(C#N)=C(\SC)C(C)(C)C. The third-order valence-corrected chi connectivity index (χ3v) is 2.84. The fourth-order valence-corrected chi connectivity index (χ4v) is 2.02. The number of thioether (sulfide) groups is 1. The molecule has 0 saturated carbocycles. The highest BCUT2D eigenvalue weighted by atomic mass is 32.2. The van der Waals surface area contributed by atoms with E-state index in [0.29, 0.717) is 0 Å². The van der Waals surface area contributed by atoms with Gasteiger partial charge in [-0.25, -0.2) is 4.79 Å². The Morgan fingerprint density at radius 1 is 1.33 bits per heavy atom. The number of hydrogen-bond acceptors (Lipinski definition) is 6. The summed E-state index contributed by atoms with van der Waals surface area (Å²) in [6, 6.07) is 1.89. The molecule has 0 fully saturated rings. The summed E-state index contributed by atoms with van der Waals surface area (Å²) in [5.41, 5.74) is 4.39. The molecule has 5 nitrogen and oxygen atoms in total. The summed E-state index contributed by atoms with van der Waals surface area (Å²) in [6.07, 6.45) is 1.85. The average Bonchev–Trinajstić information content (AvgIpc) is 2.38. The third-order valence-electron chi connectivity index (χ3n) is 1.61. The summed E-state index contributed by atoms with van der Waals surface area (Å²) in [5.74, 6) is -0.563. The number of ether oxygens (including phenoxy) is 1. The summed E-state index contributed by atoms with van der Waals surface area (Å²) in [5, 5.41) is 8.87. The summed E-state index contributed by atoms with van der Waals surface area (Å²) in [4.78, 5) is 20.0. The highest BCUT2D eigenvalue weighted by molar-refractivity contribution is 8.02. The van der Waals surface area contributed by atoms with Crippen LogP contribution in [-0.2, 0) is 14.3 Å². The highest BCUT2D eigenvalue weighted by Crippen LogP contribution is 2.35. The molecular weight excluding hydrogens is 252 g/mol. The molecule has 6 heteroatoms. The van der Waals surface area contributed by atoms with Crippen LogP contribution in [0.1, 0.15) is 20.8 Å². The molecule has 0 aliphatic heterocycles. The van der Waals surface area contributed by atoms with E-state index in [9.17, 15) is 4.79 Å². The first-order chi connectivity index (χ1) is 8.38.